The number of fused-ring (bicyclic) bond motifs is 1. The summed E-state index contributed by atoms with van der Waals surface area (Å²) in [4.78, 5) is 19.3. The minimum Gasteiger partial charge on any atom is -0.494 e. The average Bonchev–Trinajstić information content (AvgIpc) is 3.45. The van der Waals surface area contributed by atoms with Gasteiger partial charge in [0.15, 0.2) is 17.7 Å². The van der Waals surface area contributed by atoms with E-state index in [0.29, 0.717) is 11.5 Å². The summed E-state index contributed by atoms with van der Waals surface area (Å²) >= 11 is 0. The van der Waals surface area contributed by atoms with E-state index in [9.17, 15) is 23.2 Å². The number of hydrogen-bond acceptors (Lipinski definition) is 6. The number of rotatable bonds is 5. The minimum absolute atomic E-state index is 0.00510. The lowest BCUT2D eigenvalue weighted by Crippen LogP contribution is -2.33. The molecule has 1 atom stereocenters. The maximum atomic E-state index is 13.4. The van der Waals surface area contributed by atoms with Crippen LogP contribution in [0.15, 0.2) is 24.5 Å². The standard InChI is InChI=1S/C22H21F3N6O3/c1-12(22(23,24)25)34-17-6-5-14(7-26)20(33-4)19(17)21(32)30-8-15-9-31(28-16(15)10-30)18-11-29(3)13(2)27-18/h5-6,9,11-12H,8,10H2,1-4H3. The van der Waals surface area contributed by atoms with Crippen LogP contribution >= 0.6 is 0 Å². The number of alkyl halides is 3. The number of nitrogens with zero attached hydrogens (tertiary/aromatic N) is 6. The highest BCUT2D eigenvalue weighted by Gasteiger charge is 2.40. The Balaban J connectivity index is 1.65. The van der Waals surface area contributed by atoms with Crippen molar-refractivity contribution in [1.82, 2.24) is 24.2 Å². The molecule has 0 fully saturated rings. The highest BCUT2D eigenvalue weighted by Crippen LogP contribution is 2.37. The molecular weight excluding hydrogens is 453 g/mol. The Labute approximate surface area is 192 Å². The second kappa shape index (κ2) is 8.40. The Morgan fingerprint density at radius 2 is 2.00 bits per heavy atom. The molecule has 1 aliphatic rings. The molecule has 3 heterocycles. The lowest BCUT2D eigenvalue weighted by Gasteiger charge is -2.23. The second-order valence-electron chi connectivity index (χ2n) is 7.90. The predicted octanol–water partition coefficient (Wildman–Crippen LogP) is 3.28. The Bertz CT molecular complexity index is 1260. The maximum Gasteiger partial charge on any atom is 0.425 e. The molecule has 0 aliphatic carbocycles. The van der Waals surface area contributed by atoms with Gasteiger partial charge in [0.25, 0.3) is 5.91 Å². The van der Waals surface area contributed by atoms with Crippen LogP contribution in [0, 0.1) is 18.3 Å². The SMILES string of the molecule is COc1c(C#N)ccc(OC(C)C(F)(F)F)c1C(=O)N1Cc2cn(-c3cn(C)c(C)n3)nc2C1. The number of imidazole rings is 1. The molecule has 0 spiro atoms. The molecule has 9 nitrogen and oxygen atoms in total. The molecule has 3 aromatic rings. The average molecular weight is 474 g/mol. The number of aryl methyl sites for hydroxylation is 2. The highest BCUT2D eigenvalue weighted by molar-refractivity contribution is 6.00. The van der Waals surface area contributed by atoms with Gasteiger partial charge >= 0.3 is 6.18 Å². The molecule has 12 heteroatoms. The molecule has 0 bridgehead atoms. The lowest BCUT2D eigenvalue weighted by molar-refractivity contribution is -0.189. The van der Waals surface area contributed by atoms with Crippen LogP contribution in [0.5, 0.6) is 11.5 Å². The number of amides is 1. The molecule has 1 aromatic carbocycles. The first-order valence-corrected chi connectivity index (χ1v) is 10.2. The van der Waals surface area contributed by atoms with Gasteiger partial charge in [-0.25, -0.2) is 9.67 Å². The van der Waals surface area contributed by atoms with Crippen molar-refractivity contribution in [2.75, 3.05) is 7.11 Å². The third kappa shape index (κ3) is 4.05. The summed E-state index contributed by atoms with van der Waals surface area (Å²) in [5.74, 6) is 0.360. The van der Waals surface area contributed by atoms with Gasteiger partial charge in [-0.1, -0.05) is 0 Å². The minimum atomic E-state index is -4.64. The molecule has 0 saturated carbocycles. The van der Waals surface area contributed by atoms with Crippen LogP contribution in [0.4, 0.5) is 13.2 Å². The van der Waals surface area contributed by atoms with Crippen molar-refractivity contribution in [3.63, 3.8) is 0 Å². The molecule has 4 rings (SSSR count). The zero-order chi connectivity index (χ0) is 24.8. The van der Waals surface area contributed by atoms with Gasteiger partial charge in [0.2, 0.25) is 0 Å². The molecule has 0 saturated heterocycles. The van der Waals surface area contributed by atoms with Crippen LogP contribution in [0.3, 0.4) is 0 Å². The van der Waals surface area contributed by atoms with Crippen LogP contribution in [0.2, 0.25) is 0 Å². The zero-order valence-corrected chi connectivity index (χ0v) is 18.8. The predicted molar refractivity (Wildman–Crippen MR) is 112 cm³/mol. The van der Waals surface area contributed by atoms with E-state index in [4.69, 9.17) is 9.47 Å². The van der Waals surface area contributed by atoms with E-state index in [0.717, 1.165) is 18.3 Å². The maximum absolute atomic E-state index is 13.4. The van der Waals surface area contributed by atoms with Gasteiger partial charge in [0, 0.05) is 31.5 Å². The van der Waals surface area contributed by atoms with Crippen LogP contribution in [-0.4, -0.2) is 49.5 Å². The lowest BCUT2D eigenvalue weighted by atomic mass is 10.1. The van der Waals surface area contributed by atoms with E-state index >= 15 is 0 Å². The topological polar surface area (TPSA) is 98.2 Å². The van der Waals surface area contributed by atoms with Crippen molar-refractivity contribution < 1.29 is 27.4 Å². The number of carbonyl (C=O) groups is 1. The fourth-order valence-corrected chi connectivity index (χ4v) is 3.65. The smallest absolute Gasteiger partial charge is 0.425 e. The summed E-state index contributed by atoms with van der Waals surface area (Å²) in [5, 5.41) is 13.9. The molecule has 2 aromatic heterocycles. The first-order chi connectivity index (χ1) is 16.0. The number of aromatic nitrogens is 4. The number of carbonyl (C=O) groups excluding carboxylic acids is 1. The summed E-state index contributed by atoms with van der Waals surface area (Å²) in [6, 6.07) is 4.32. The van der Waals surface area contributed by atoms with Gasteiger partial charge in [-0.3, -0.25) is 4.79 Å². The molecule has 178 valence electrons. The van der Waals surface area contributed by atoms with Gasteiger partial charge in [0.05, 0.1) is 24.9 Å². The molecule has 1 amide bonds. The number of hydrogen-bond donors (Lipinski definition) is 0. The summed E-state index contributed by atoms with van der Waals surface area (Å²) in [6.07, 6.45) is -3.23. The number of nitriles is 1. The third-order valence-corrected chi connectivity index (χ3v) is 5.62. The van der Waals surface area contributed by atoms with E-state index < -0.39 is 18.2 Å². The quantitative estimate of drug-likeness (QED) is 0.563. The zero-order valence-electron chi connectivity index (χ0n) is 18.8. The van der Waals surface area contributed by atoms with Crippen LogP contribution in [0.1, 0.15) is 39.9 Å². The number of benzene rings is 1. The van der Waals surface area contributed by atoms with Gasteiger partial charge in [-0.05, 0) is 26.0 Å². The first-order valence-electron chi connectivity index (χ1n) is 10.2. The molecule has 1 unspecified atom stereocenters. The van der Waals surface area contributed by atoms with E-state index in [2.05, 4.69) is 10.1 Å². The van der Waals surface area contributed by atoms with Crippen molar-refractivity contribution >= 4 is 5.91 Å². The van der Waals surface area contributed by atoms with Gasteiger partial charge < -0.3 is 18.9 Å². The number of ether oxygens (including phenoxy) is 2. The molecule has 34 heavy (non-hydrogen) atoms. The highest BCUT2D eigenvalue weighted by atomic mass is 19.4. The third-order valence-electron chi connectivity index (χ3n) is 5.62. The van der Waals surface area contributed by atoms with Crippen molar-refractivity contribution in [3.05, 3.63) is 52.7 Å². The van der Waals surface area contributed by atoms with E-state index in [1.165, 1.54) is 24.1 Å². The largest absolute Gasteiger partial charge is 0.494 e. The first kappa shape index (κ1) is 23.2. The monoisotopic (exact) mass is 474 g/mol. The fraction of sp³-hybridized carbons (Fsp3) is 0.364. The van der Waals surface area contributed by atoms with Crippen molar-refractivity contribution in [2.45, 2.75) is 39.2 Å². The Kier molecular flexibility index (Phi) is 5.72. The van der Waals surface area contributed by atoms with Gasteiger partial charge in [-0.15, -0.1) is 0 Å². The van der Waals surface area contributed by atoms with Crippen molar-refractivity contribution in [2.24, 2.45) is 7.05 Å². The number of halogens is 3. The van der Waals surface area contributed by atoms with Crippen molar-refractivity contribution in [3.8, 4) is 23.4 Å². The number of methoxy groups -OCH3 is 1. The Hall–Kier alpha value is -4.01. The van der Waals surface area contributed by atoms with Crippen molar-refractivity contribution in [1.29, 1.82) is 5.26 Å². The van der Waals surface area contributed by atoms with Crippen LogP contribution < -0.4 is 9.47 Å². The van der Waals surface area contributed by atoms with Crippen LogP contribution in [-0.2, 0) is 20.1 Å². The Morgan fingerprint density at radius 3 is 2.56 bits per heavy atom. The summed E-state index contributed by atoms with van der Waals surface area (Å²) < 4.78 is 53.2. The normalized spacial score (nSPS) is 14.0. The molecular formula is C22H21F3N6O3. The van der Waals surface area contributed by atoms with E-state index in [1.54, 1.807) is 10.9 Å². The molecule has 1 aliphatic heterocycles. The second-order valence-corrected chi connectivity index (χ2v) is 7.90. The summed E-state index contributed by atoms with van der Waals surface area (Å²) in [6.45, 7) is 3.01. The van der Waals surface area contributed by atoms with Gasteiger partial charge in [0.1, 0.15) is 23.2 Å². The molecule has 0 radical (unpaired) electrons. The van der Waals surface area contributed by atoms with Crippen LogP contribution in [0.25, 0.3) is 5.82 Å². The summed E-state index contributed by atoms with van der Waals surface area (Å²) in [7, 11) is 3.10. The molecule has 0 N–H and O–H groups in total. The van der Waals surface area contributed by atoms with E-state index in [-0.39, 0.29) is 35.7 Å². The van der Waals surface area contributed by atoms with Gasteiger partial charge in [-0.2, -0.15) is 23.5 Å². The van der Waals surface area contributed by atoms with E-state index in [1.807, 2.05) is 30.8 Å². The fourth-order valence-electron chi connectivity index (χ4n) is 3.65. The summed E-state index contributed by atoms with van der Waals surface area (Å²) in [5.41, 5.74) is 1.18. The Morgan fingerprint density at radius 1 is 1.26 bits per heavy atom.